The molecule has 90 valence electrons. The molecule has 0 saturated heterocycles. The lowest BCUT2D eigenvalue weighted by molar-refractivity contribution is 0.0693. The highest BCUT2D eigenvalue weighted by Gasteiger charge is 2.19. The highest BCUT2D eigenvalue weighted by atomic mass is 32.1. The number of aromatic nitrogens is 2. The van der Waals surface area contributed by atoms with Gasteiger partial charge in [0.1, 0.15) is 5.82 Å². The van der Waals surface area contributed by atoms with E-state index in [1.165, 1.54) is 11.3 Å². The summed E-state index contributed by atoms with van der Waals surface area (Å²) in [5.41, 5.74) is 6.44. The van der Waals surface area contributed by atoms with Crippen molar-refractivity contribution in [2.45, 2.75) is 0 Å². The Morgan fingerprint density at radius 1 is 1.33 bits per heavy atom. The lowest BCUT2D eigenvalue weighted by Gasteiger charge is -2.02. The van der Waals surface area contributed by atoms with Gasteiger partial charge in [0.2, 0.25) is 0 Å². The molecule has 0 spiro atoms. The van der Waals surface area contributed by atoms with Gasteiger partial charge in [-0.15, -0.1) is 11.3 Å². The van der Waals surface area contributed by atoms with Crippen molar-refractivity contribution in [3.05, 3.63) is 41.4 Å². The lowest BCUT2D eigenvalue weighted by atomic mass is 10.3. The molecule has 18 heavy (non-hydrogen) atoms. The van der Waals surface area contributed by atoms with Crippen LogP contribution in [-0.2, 0) is 0 Å². The van der Waals surface area contributed by atoms with Gasteiger partial charge in [-0.1, -0.05) is 12.1 Å². The van der Waals surface area contributed by atoms with Crippen molar-refractivity contribution < 1.29 is 9.90 Å². The summed E-state index contributed by atoms with van der Waals surface area (Å²) in [7, 11) is 0. The van der Waals surface area contributed by atoms with E-state index < -0.39 is 5.97 Å². The van der Waals surface area contributed by atoms with E-state index in [0.717, 1.165) is 4.88 Å². The molecular formula is C12H9N3O2S. The highest BCUT2D eigenvalue weighted by molar-refractivity contribution is 7.13. The molecule has 0 bridgehead atoms. The van der Waals surface area contributed by atoms with Crippen molar-refractivity contribution >= 4 is 28.6 Å². The second-order valence-electron chi connectivity index (χ2n) is 3.74. The first-order valence-electron chi connectivity index (χ1n) is 5.22. The Bertz CT molecular complexity index is 731. The molecule has 6 heteroatoms. The molecule has 3 rings (SSSR count). The maximum Gasteiger partial charge on any atom is 0.356 e. The number of nitrogen functional groups attached to an aromatic ring is 1. The smallest absolute Gasteiger partial charge is 0.356 e. The number of carboxylic acid groups (broad SMARTS) is 1. The van der Waals surface area contributed by atoms with Crippen LogP contribution in [0.4, 0.5) is 5.82 Å². The Morgan fingerprint density at radius 3 is 2.83 bits per heavy atom. The number of hydrogen-bond acceptors (Lipinski definition) is 4. The fourth-order valence-corrected chi connectivity index (χ4v) is 2.59. The van der Waals surface area contributed by atoms with Crippen LogP contribution in [0, 0.1) is 0 Å². The van der Waals surface area contributed by atoms with Gasteiger partial charge in [0.15, 0.2) is 11.5 Å². The maximum atomic E-state index is 11.2. The highest BCUT2D eigenvalue weighted by Crippen LogP contribution is 2.28. The molecule has 0 aliphatic carbocycles. The van der Waals surface area contributed by atoms with Crippen molar-refractivity contribution in [1.29, 1.82) is 0 Å². The predicted molar refractivity (Wildman–Crippen MR) is 69.9 cm³/mol. The summed E-state index contributed by atoms with van der Waals surface area (Å²) >= 11 is 1.49. The molecule has 0 fully saturated rings. The van der Waals surface area contributed by atoms with Crippen molar-refractivity contribution in [3.63, 3.8) is 0 Å². The van der Waals surface area contributed by atoms with Crippen LogP contribution in [0.2, 0.25) is 0 Å². The number of thiophene rings is 1. The summed E-state index contributed by atoms with van der Waals surface area (Å²) in [6, 6.07) is 8.91. The summed E-state index contributed by atoms with van der Waals surface area (Å²) in [5, 5.41) is 11.1. The number of nitrogens with zero attached hydrogens (tertiary/aromatic N) is 2. The molecule has 3 aromatic heterocycles. The first kappa shape index (κ1) is 10.8. The van der Waals surface area contributed by atoms with E-state index in [9.17, 15) is 9.90 Å². The van der Waals surface area contributed by atoms with E-state index in [4.69, 9.17) is 5.73 Å². The number of nitrogens with two attached hydrogens (primary N) is 1. The second-order valence-corrected chi connectivity index (χ2v) is 4.69. The van der Waals surface area contributed by atoms with E-state index in [1.807, 2.05) is 17.5 Å². The predicted octanol–water partition coefficient (Wildman–Crippen LogP) is 2.34. The summed E-state index contributed by atoms with van der Waals surface area (Å²) in [4.78, 5) is 16.3. The molecular weight excluding hydrogens is 250 g/mol. The number of fused-ring (bicyclic) bond motifs is 1. The SMILES string of the molecule is Nc1cccc2c(C(=O)O)nc(-c3cccs3)n12. The van der Waals surface area contributed by atoms with Gasteiger partial charge in [0, 0.05) is 0 Å². The monoisotopic (exact) mass is 259 g/mol. The molecule has 0 aliphatic heterocycles. The van der Waals surface area contributed by atoms with Gasteiger partial charge in [0.05, 0.1) is 10.4 Å². The second kappa shape index (κ2) is 3.85. The number of carbonyl (C=O) groups is 1. The Morgan fingerprint density at radius 2 is 2.17 bits per heavy atom. The number of pyridine rings is 1. The van der Waals surface area contributed by atoms with E-state index in [-0.39, 0.29) is 5.69 Å². The zero-order chi connectivity index (χ0) is 12.7. The van der Waals surface area contributed by atoms with Crippen LogP contribution in [-0.4, -0.2) is 20.5 Å². The van der Waals surface area contributed by atoms with Crippen LogP contribution in [0.25, 0.3) is 16.2 Å². The Kier molecular flexibility index (Phi) is 2.31. The molecule has 3 aromatic rings. The third-order valence-electron chi connectivity index (χ3n) is 2.64. The zero-order valence-corrected chi connectivity index (χ0v) is 10.0. The third-order valence-corrected chi connectivity index (χ3v) is 3.50. The van der Waals surface area contributed by atoms with Crippen molar-refractivity contribution in [2.24, 2.45) is 0 Å². The fourth-order valence-electron chi connectivity index (χ4n) is 1.89. The molecule has 3 N–H and O–H groups in total. The lowest BCUT2D eigenvalue weighted by Crippen LogP contribution is -1.99. The molecule has 5 nitrogen and oxygen atoms in total. The molecule has 0 amide bonds. The van der Waals surface area contributed by atoms with Crippen LogP contribution in [0.3, 0.4) is 0 Å². The van der Waals surface area contributed by atoms with Crippen LogP contribution >= 0.6 is 11.3 Å². The largest absolute Gasteiger partial charge is 0.476 e. The average Bonchev–Trinajstić information content (AvgIpc) is 2.95. The molecule has 0 radical (unpaired) electrons. The standard InChI is InChI=1S/C12H9N3O2S/c13-9-5-1-3-7-10(12(16)17)14-11(15(7)9)8-4-2-6-18-8/h1-6H,13H2,(H,16,17). The van der Waals surface area contributed by atoms with Crippen LogP contribution in [0.1, 0.15) is 10.5 Å². The third kappa shape index (κ3) is 1.46. The Hall–Kier alpha value is -2.34. The van der Waals surface area contributed by atoms with Gasteiger partial charge in [0.25, 0.3) is 0 Å². The summed E-state index contributed by atoms with van der Waals surface area (Å²) in [6.07, 6.45) is 0. The van der Waals surface area contributed by atoms with Crippen LogP contribution < -0.4 is 5.73 Å². The molecule has 0 saturated carbocycles. The minimum absolute atomic E-state index is 0.0192. The van der Waals surface area contributed by atoms with Crippen molar-refractivity contribution in [1.82, 2.24) is 9.38 Å². The number of rotatable bonds is 2. The van der Waals surface area contributed by atoms with E-state index in [0.29, 0.717) is 17.2 Å². The number of aromatic carboxylic acids is 1. The minimum atomic E-state index is -1.05. The summed E-state index contributed by atoms with van der Waals surface area (Å²) < 4.78 is 1.66. The normalized spacial score (nSPS) is 10.9. The van der Waals surface area contributed by atoms with E-state index in [1.54, 1.807) is 22.6 Å². The Labute approximate surface area is 106 Å². The number of imidazole rings is 1. The fraction of sp³-hybridized carbons (Fsp3) is 0. The topological polar surface area (TPSA) is 80.6 Å². The molecule has 0 atom stereocenters. The quantitative estimate of drug-likeness (QED) is 0.740. The Balaban J connectivity index is 2.42. The summed E-state index contributed by atoms with van der Waals surface area (Å²) in [6.45, 7) is 0. The average molecular weight is 259 g/mol. The summed E-state index contributed by atoms with van der Waals surface area (Å²) in [5.74, 6) is -0.0210. The van der Waals surface area contributed by atoms with E-state index in [2.05, 4.69) is 4.98 Å². The van der Waals surface area contributed by atoms with Crippen molar-refractivity contribution in [3.8, 4) is 10.7 Å². The van der Waals surface area contributed by atoms with Gasteiger partial charge >= 0.3 is 5.97 Å². The first-order valence-corrected chi connectivity index (χ1v) is 6.10. The number of hydrogen-bond donors (Lipinski definition) is 2. The van der Waals surface area contributed by atoms with E-state index >= 15 is 0 Å². The van der Waals surface area contributed by atoms with Gasteiger partial charge in [-0.2, -0.15) is 0 Å². The number of anilines is 1. The van der Waals surface area contributed by atoms with Gasteiger partial charge in [-0.3, -0.25) is 4.40 Å². The molecule has 0 aliphatic rings. The van der Waals surface area contributed by atoms with Gasteiger partial charge in [-0.25, -0.2) is 9.78 Å². The maximum absolute atomic E-state index is 11.2. The zero-order valence-electron chi connectivity index (χ0n) is 9.20. The van der Waals surface area contributed by atoms with Gasteiger partial charge in [-0.05, 0) is 23.6 Å². The molecule has 0 unspecified atom stereocenters. The van der Waals surface area contributed by atoms with Gasteiger partial charge < -0.3 is 10.8 Å². The first-order chi connectivity index (χ1) is 8.68. The molecule has 3 heterocycles. The molecule has 0 aromatic carbocycles. The van der Waals surface area contributed by atoms with Crippen molar-refractivity contribution in [2.75, 3.05) is 5.73 Å². The van der Waals surface area contributed by atoms with Crippen LogP contribution in [0.5, 0.6) is 0 Å². The minimum Gasteiger partial charge on any atom is -0.476 e. The number of carboxylic acids is 1. The van der Waals surface area contributed by atoms with Crippen LogP contribution in [0.15, 0.2) is 35.7 Å².